The summed E-state index contributed by atoms with van der Waals surface area (Å²) in [5, 5.41) is 10.8. The molecule has 1 nitrogen and oxygen atoms in total. The number of rotatable bonds is 1. The molecule has 0 amide bonds. The summed E-state index contributed by atoms with van der Waals surface area (Å²) in [7, 11) is 0. The largest absolute Gasteiger partial charge is 0.385 e. The molecule has 2 fully saturated rings. The molecule has 0 heterocycles. The molecule has 1 heteroatoms. The first-order valence-electron chi connectivity index (χ1n) is 5.99. The molecule has 0 aliphatic heterocycles. The van der Waals surface area contributed by atoms with Crippen molar-refractivity contribution in [3.05, 3.63) is 12.2 Å². The molecule has 14 heavy (non-hydrogen) atoms. The Morgan fingerprint density at radius 1 is 1.00 bits per heavy atom. The Hall–Kier alpha value is -0.300. The van der Waals surface area contributed by atoms with Gasteiger partial charge in [-0.25, -0.2) is 0 Å². The van der Waals surface area contributed by atoms with E-state index in [0.717, 1.165) is 12.0 Å². The first kappa shape index (κ1) is 10.2. The van der Waals surface area contributed by atoms with Crippen molar-refractivity contribution in [3.8, 4) is 0 Å². The van der Waals surface area contributed by atoms with E-state index >= 15 is 0 Å². The summed E-state index contributed by atoms with van der Waals surface area (Å²) in [6.45, 7) is 6.02. The summed E-state index contributed by atoms with van der Waals surface area (Å²) < 4.78 is 0. The summed E-state index contributed by atoms with van der Waals surface area (Å²) in [4.78, 5) is 0. The van der Waals surface area contributed by atoms with Crippen LogP contribution in [0.2, 0.25) is 0 Å². The normalized spacial score (nSPS) is 36.1. The lowest BCUT2D eigenvalue weighted by Crippen LogP contribution is -2.49. The van der Waals surface area contributed by atoms with Gasteiger partial charge in [0.25, 0.3) is 0 Å². The molecule has 0 aromatic heterocycles. The Morgan fingerprint density at radius 3 is 1.86 bits per heavy atom. The highest BCUT2D eigenvalue weighted by molar-refractivity contribution is 5.20. The summed E-state index contributed by atoms with van der Waals surface area (Å²) in [5.41, 5.74) is 0.665. The average molecular weight is 194 g/mol. The SMILES string of the molecule is C=C(C)C1(O)CCCCC12CCCC2. The van der Waals surface area contributed by atoms with Crippen molar-refractivity contribution >= 4 is 0 Å². The molecular weight excluding hydrogens is 172 g/mol. The zero-order valence-electron chi connectivity index (χ0n) is 9.31. The maximum Gasteiger partial charge on any atom is 0.0907 e. The van der Waals surface area contributed by atoms with Gasteiger partial charge in [-0.1, -0.05) is 32.3 Å². The van der Waals surface area contributed by atoms with E-state index in [9.17, 15) is 5.11 Å². The van der Waals surface area contributed by atoms with Crippen molar-refractivity contribution in [3.63, 3.8) is 0 Å². The van der Waals surface area contributed by atoms with Gasteiger partial charge in [-0.05, 0) is 38.2 Å². The lowest BCUT2D eigenvalue weighted by Gasteiger charge is -2.49. The van der Waals surface area contributed by atoms with E-state index in [1.807, 2.05) is 6.92 Å². The van der Waals surface area contributed by atoms with Crippen LogP contribution in [0.3, 0.4) is 0 Å². The van der Waals surface area contributed by atoms with Crippen LogP contribution >= 0.6 is 0 Å². The molecule has 2 rings (SSSR count). The monoisotopic (exact) mass is 194 g/mol. The van der Waals surface area contributed by atoms with Gasteiger partial charge in [0, 0.05) is 5.41 Å². The molecular formula is C13H22O. The molecule has 1 N–H and O–H groups in total. The minimum Gasteiger partial charge on any atom is -0.385 e. The number of hydrogen-bond donors (Lipinski definition) is 1. The third-order valence-electron chi connectivity index (χ3n) is 4.59. The van der Waals surface area contributed by atoms with Crippen molar-refractivity contribution in [2.75, 3.05) is 0 Å². The fourth-order valence-electron chi connectivity index (χ4n) is 3.70. The third-order valence-corrected chi connectivity index (χ3v) is 4.59. The highest BCUT2D eigenvalue weighted by Gasteiger charge is 2.52. The van der Waals surface area contributed by atoms with E-state index in [-0.39, 0.29) is 5.41 Å². The molecule has 80 valence electrons. The fourth-order valence-corrected chi connectivity index (χ4v) is 3.70. The molecule has 0 saturated heterocycles. The first-order chi connectivity index (χ1) is 6.61. The van der Waals surface area contributed by atoms with Crippen molar-refractivity contribution in [2.45, 2.75) is 63.9 Å². The number of aliphatic hydroxyl groups is 1. The van der Waals surface area contributed by atoms with Crippen molar-refractivity contribution in [1.82, 2.24) is 0 Å². The highest BCUT2D eigenvalue weighted by atomic mass is 16.3. The molecule has 0 aromatic rings. The molecule has 2 aliphatic rings. The maximum absolute atomic E-state index is 10.8. The van der Waals surface area contributed by atoms with Gasteiger partial charge in [0.15, 0.2) is 0 Å². The smallest absolute Gasteiger partial charge is 0.0907 e. The first-order valence-corrected chi connectivity index (χ1v) is 5.99. The minimum atomic E-state index is -0.540. The van der Waals surface area contributed by atoms with Gasteiger partial charge < -0.3 is 5.11 Å². The second-order valence-electron chi connectivity index (χ2n) is 5.34. The molecule has 0 bridgehead atoms. The summed E-state index contributed by atoms with van der Waals surface area (Å²) in [5.74, 6) is 0. The Labute approximate surface area is 87.2 Å². The van der Waals surface area contributed by atoms with Crippen LogP contribution in [0, 0.1) is 5.41 Å². The zero-order valence-corrected chi connectivity index (χ0v) is 9.31. The van der Waals surface area contributed by atoms with Crippen LogP contribution in [0.5, 0.6) is 0 Å². The standard InChI is InChI=1S/C13H22O/c1-11(2)13(14)10-6-5-9-12(13)7-3-4-8-12/h14H,1,3-10H2,2H3. The number of hydrogen-bond acceptors (Lipinski definition) is 1. The lowest BCUT2D eigenvalue weighted by atomic mass is 9.60. The Balaban J connectivity index is 2.31. The highest BCUT2D eigenvalue weighted by Crippen LogP contribution is 2.56. The minimum absolute atomic E-state index is 0.205. The second-order valence-corrected chi connectivity index (χ2v) is 5.34. The molecule has 1 atom stereocenters. The molecule has 1 unspecified atom stereocenters. The zero-order chi connectivity index (χ0) is 10.2. The second kappa shape index (κ2) is 3.37. The average Bonchev–Trinajstić information content (AvgIpc) is 2.60. The maximum atomic E-state index is 10.8. The Kier molecular flexibility index (Phi) is 2.46. The van der Waals surface area contributed by atoms with Crippen LogP contribution in [0.4, 0.5) is 0 Å². The molecule has 2 saturated carbocycles. The Bertz CT molecular complexity index is 238. The van der Waals surface area contributed by atoms with Gasteiger partial charge in [0.1, 0.15) is 0 Å². The van der Waals surface area contributed by atoms with E-state index in [0.29, 0.717) is 0 Å². The van der Waals surface area contributed by atoms with Crippen LogP contribution in [-0.2, 0) is 0 Å². The molecule has 2 aliphatic carbocycles. The van der Waals surface area contributed by atoms with E-state index < -0.39 is 5.60 Å². The van der Waals surface area contributed by atoms with E-state index in [2.05, 4.69) is 6.58 Å². The fraction of sp³-hybridized carbons (Fsp3) is 0.846. The summed E-state index contributed by atoms with van der Waals surface area (Å²) in [6, 6.07) is 0. The topological polar surface area (TPSA) is 20.2 Å². The van der Waals surface area contributed by atoms with Gasteiger partial charge in [0.2, 0.25) is 0 Å². The van der Waals surface area contributed by atoms with Crippen molar-refractivity contribution in [1.29, 1.82) is 0 Å². The van der Waals surface area contributed by atoms with E-state index in [4.69, 9.17) is 0 Å². The van der Waals surface area contributed by atoms with Crippen molar-refractivity contribution < 1.29 is 5.11 Å². The van der Waals surface area contributed by atoms with Crippen LogP contribution in [0.25, 0.3) is 0 Å². The van der Waals surface area contributed by atoms with Gasteiger partial charge in [-0.3, -0.25) is 0 Å². The molecule has 0 radical (unpaired) electrons. The third kappa shape index (κ3) is 1.25. The summed E-state index contributed by atoms with van der Waals surface area (Å²) >= 11 is 0. The van der Waals surface area contributed by atoms with Gasteiger partial charge in [-0.2, -0.15) is 0 Å². The van der Waals surface area contributed by atoms with Gasteiger partial charge >= 0.3 is 0 Å². The molecule has 0 aromatic carbocycles. The van der Waals surface area contributed by atoms with Crippen LogP contribution < -0.4 is 0 Å². The summed E-state index contributed by atoms with van der Waals surface area (Å²) in [6.07, 6.45) is 9.68. The lowest BCUT2D eigenvalue weighted by molar-refractivity contribution is -0.0828. The van der Waals surface area contributed by atoms with Crippen LogP contribution in [0.1, 0.15) is 58.3 Å². The van der Waals surface area contributed by atoms with Gasteiger partial charge in [-0.15, -0.1) is 0 Å². The van der Waals surface area contributed by atoms with Crippen molar-refractivity contribution in [2.24, 2.45) is 5.41 Å². The van der Waals surface area contributed by atoms with Crippen LogP contribution in [0.15, 0.2) is 12.2 Å². The Morgan fingerprint density at radius 2 is 1.43 bits per heavy atom. The van der Waals surface area contributed by atoms with Gasteiger partial charge in [0.05, 0.1) is 5.60 Å². The van der Waals surface area contributed by atoms with E-state index in [1.165, 1.54) is 44.9 Å². The predicted molar refractivity (Wildman–Crippen MR) is 59.1 cm³/mol. The predicted octanol–water partition coefficient (Wildman–Crippen LogP) is 3.43. The quantitative estimate of drug-likeness (QED) is 0.634. The van der Waals surface area contributed by atoms with E-state index in [1.54, 1.807) is 0 Å². The molecule has 1 spiro atoms. The van der Waals surface area contributed by atoms with Crippen LogP contribution in [-0.4, -0.2) is 10.7 Å².